The van der Waals surface area contributed by atoms with Crippen LogP contribution in [0.4, 0.5) is 0 Å². The van der Waals surface area contributed by atoms with E-state index >= 15 is 0 Å². The van der Waals surface area contributed by atoms with Gasteiger partial charge in [0.05, 0.1) is 0 Å². The van der Waals surface area contributed by atoms with Crippen molar-refractivity contribution in [1.29, 1.82) is 0 Å². The van der Waals surface area contributed by atoms with Crippen molar-refractivity contribution in [3.05, 3.63) is 83.9 Å². The summed E-state index contributed by atoms with van der Waals surface area (Å²) >= 11 is -0.395. The van der Waals surface area contributed by atoms with Gasteiger partial charge in [0.1, 0.15) is 0 Å². The third-order valence-corrected chi connectivity index (χ3v) is 7.66. The topological polar surface area (TPSA) is 0 Å². The molecule has 2 rings (SSSR count). The number of benzene rings is 2. The summed E-state index contributed by atoms with van der Waals surface area (Å²) in [5, 5.41) is 0. The number of allylic oxidation sites excluding steroid dienone is 2. The van der Waals surface area contributed by atoms with Crippen molar-refractivity contribution in [2.24, 2.45) is 0 Å². The van der Waals surface area contributed by atoms with E-state index in [0.717, 1.165) is 0 Å². The number of hydrogen-bond donors (Lipinski definition) is 0. The molecule has 2 aromatic rings. The summed E-state index contributed by atoms with van der Waals surface area (Å²) in [5.41, 5.74) is 2.83. The molecule has 0 bridgehead atoms. The van der Waals surface area contributed by atoms with Crippen LogP contribution in [0.25, 0.3) is 7.24 Å². The van der Waals surface area contributed by atoms with E-state index < -0.39 is 20.9 Å². The zero-order chi connectivity index (χ0) is 17.7. The molecule has 1 heteroatoms. The molecule has 0 nitrogen and oxygen atoms in total. The van der Waals surface area contributed by atoms with Gasteiger partial charge in [0.2, 0.25) is 0 Å². The molecule has 0 amide bonds. The van der Waals surface area contributed by atoms with Gasteiger partial charge in [-0.2, -0.15) is 0 Å². The number of hydrogen-bond acceptors (Lipinski definition) is 0. The standard InChI is InChI=1S/C24H30Te/c1-3-5-9-19-23(21-15-11-7-12-16-21)25-24(20-10-6-4-2)22-17-13-8-14-18-22/h7-8,11-20H,3-6,9-10H2,1-2H3. The summed E-state index contributed by atoms with van der Waals surface area (Å²) in [6.45, 7) is 4.54. The average Bonchev–Trinajstić information content (AvgIpc) is 2.67. The van der Waals surface area contributed by atoms with E-state index in [1.165, 1.54) is 49.7 Å². The Balaban J connectivity index is 2.27. The van der Waals surface area contributed by atoms with E-state index in [0.29, 0.717) is 0 Å². The van der Waals surface area contributed by atoms with Crippen LogP contribution >= 0.6 is 0 Å². The molecular weight excluding hydrogens is 416 g/mol. The first-order valence-electron chi connectivity index (χ1n) is 9.54. The second kappa shape index (κ2) is 12.1. The normalized spacial score (nSPS) is 12.4. The monoisotopic (exact) mass is 448 g/mol. The first kappa shape index (κ1) is 20.0. The van der Waals surface area contributed by atoms with E-state index in [1.807, 2.05) is 0 Å². The second-order valence-corrected chi connectivity index (χ2v) is 9.35. The van der Waals surface area contributed by atoms with Crippen LogP contribution in [0, 0.1) is 0 Å². The summed E-state index contributed by atoms with van der Waals surface area (Å²) in [5.74, 6) is 0. The average molecular weight is 446 g/mol. The van der Waals surface area contributed by atoms with Crippen LogP contribution in [0.5, 0.6) is 0 Å². The van der Waals surface area contributed by atoms with Crippen molar-refractivity contribution in [2.75, 3.05) is 0 Å². The first-order chi connectivity index (χ1) is 12.3. The van der Waals surface area contributed by atoms with Crippen molar-refractivity contribution in [3.63, 3.8) is 0 Å². The molecule has 25 heavy (non-hydrogen) atoms. The summed E-state index contributed by atoms with van der Waals surface area (Å²) in [6, 6.07) is 22.0. The van der Waals surface area contributed by atoms with Crippen LogP contribution in [0.15, 0.2) is 72.8 Å². The fraction of sp³-hybridized carbons (Fsp3) is 0.333. The molecule has 0 aliphatic rings. The van der Waals surface area contributed by atoms with Crippen molar-refractivity contribution in [3.8, 4) is 0 Å². The molecule has 0 spiro atoms. The minimum atomic E-state index is -0.395. The predicted molar refractivity (Wildman–Crippen MR) is 114 cm³/mol. The maximum absolute atomic E-state index is 2.51. The van der Waals surface area contributed by atoms with Crippen molar-refractivity contribution < 1.29 is 0 Å². The zero-order valence-electron chi connectivity index (χ0n) is 15.6. The van der Waals surface area contributed by atoms with Crippen molar-refractivity contribution in [1.82, 2.24) is 0 Å². The van der Waals surface area contributed by atoms with Gasteiger partial charge >= 0.3 is 164 Å². The number of unbranched alkanes of at least 4 members (excludes halogenated alkanes) is 4. The molecule has 0 aromatic heterocycles. The first-order valence-corrected chi connectivity index (χ1v) is 11.9. The van der Waals surface area contributed by atoms with Gasteiger partial charge in [0.15, 0.2) is 0 Å². The molecule has 2 aromatic carbocycles. The molecule has 0 unspecified atom stereocenters. The van der Waals surface area contributed by atoms with E-state index in [-0.39, 0.29) is 0 Å². The summed E-state index contributed by atoms with van der Waals surface area (Å²) in [6.07, 6.45) is 12.5. The third-order valence-electron chi connectivity index (χ3n) is 4.11. The Morgan fingerprint density at radius 2 is 1.08 bits per heavy atom. The molecule has 132 valence electrons. The SMILES string of the molecule is CCCCC=C([Te]C(=CCCCC)c1ccccc1)c1ccccc1. The van der Waals surface area contributed by atoms with Gasteiger partial charge in [0, 0.05) is 0 Å². The quantitative estimate of drug-likeness (QED) is 0.269. The van der Waals surface area contributed by atoms with Crippen LogP contribution in [-0.4, -0.2) is 20.9 Å². The van der Waals surface area contributed by atoms with Gasteiger partial charge in [-0.3, -0.25) is 0 Å². The van der Waals surface area contributed by atoms with Crippen molar-refractivity contribution >= 4 is 28.2 Å². The van der Waals surface area contributed by atoms with Crippen molar-refractivity contribution in [2.45, 2.75) is 52.4 Å². The fourth-order valence-electron chi connectivity index (χ4n) is 2.63. The summed E-state index contributed by atoms with van der Waals surface area (Å²) < 4.78 is 3.18. The van der Waals surface area contributed by atoms with Crippen LogP contribution in [0.3, 0.4) is 0 Å². The van der Waals surface area contributed by atoms with Gasteiger partial charge in [-0.15, -0.1) is 0 Å². The van der Waals surface area contributed by atoms with Gasteiger partial charge in [-0.25, -0.2) is 0 Å². The van der Waals surface area contributed by atoms with E-state index in [1.54, 1.807) is 7.24 Å². The molecule has 0 saturated carbocycles. The molecule has 0 N–H and O–H groups in total. The Morgan fingerprint density at radius 1 is 0.680 bits per heavy atom. The molecule has 0 heterocycles. The Morgan fingerprint density at radius 3 is 1.44 bits per heavy atom. The minimum absolute atomic E-state index is 0.395. The van der Waals surface area contributed by atoms with E-state index in [9.17, 15) is 0 Å². The van der Waals surface area contributed by atoms with Gasteiger partial charge in [-0.05, 0) is 0 Å². The van der Waals surface area contributed by atoms with Crippen LogP contribution in [-0.2, 0) is 0 Å². The molecular formula is C24H30Te. The van der Waals surface area contributed by atoms with Gasteiger partial charge < -0.3 is 0 Å². The van der Waals surface area contributed by atoms with E-state index in [4.69, 9.17) is 0 Å². The Bertz CT molecular complexity index is 594. The molecule has 0 aliphatic heterocycles. The van der Waals surface area contributed by atoms with Gasteiger partial charge in [0.25, 0.3) is 0 Å². The Hall–Kier alpha value is -1.29. The predicted octanol–water partition coefficient (Wildman–Crippen LogP) is 7.15. The molecule has 0 radical (unpaired) electrons. The summed E-state index contributed by atoms with van der Waals surface area (Å²) in [7, 11) is 0. The van der Waals surface area contributed by atoms with Crippen LogP contribution in [0.2, 0.25) is 0 Å². The van der Waals surface area contributed by atoms with Crippen LogP contribution in [0.1, 0.15) is 63.5 Å². The van der Waals surface area contributed by atoms with E-state index in [2.05, 4.69) is 86.7 Å². The summed E-state index contributed by atoms with van der Waals surface area (Å²) in [4.78, 5) is 0. The van der Waals surface area contributed by atoms with Gasteiger partial charge in [-0.1, -0.05) is 0 Å². The Labute approximate surface area is 164 Å². The Kier molecular flexibility index (Phi) is 9.71. The van der Waals surface area contributed by atoms with Crippen LogP contribution < -0.4 is 0 Å². The maximum atomic E-state index is 2.51. The molecule has 0 aliphatic carbocycles. The fourth-order valence-corrected chi connectivity index (χ4v) is 5.91. The third kappa shape index (κ3) is 7.23. The second-order valence-electron chi connectivity index (χ2n) is 6.26. The zero-order valence-corrected chi connectivity index (χ0v) is 17.9. The molecule has 0 fully saturated rings. The molecule has 0 atom stereocenters. The number of rotatable bonds is 10. The molecule has 0 saturated heterocycles.